The lowest BCUT2D eigenvalue weighted by molar-refractivity contribution is 0.113. The molecule has 0 spiro atoms. The molecular formula is C20H22N4O3. The number of H-pyrrole nitrogens is 1. The summed E-state index contributed by atoms with van der Waals surface area (Å²) in [7, 11) is 1.66. The molecular weight excluding hydrogens is 344 g/mol. The van der Waals surface area contributed by atoms with Crippen molar-refractivity contribution in [3.05, 3.63) is 48.3 Å². The number of aliphatic imine (C=N–C) groups is 1. The SMILES string of the molecule is CN=C1C(c2nc3ccccc3[nH]2)C(O)C(C)(C)N1c1cc(O)cc(O)c1. The largest absolute Gasteiger partial charge is 0.508 e. The van der Waals surface area contributed by atoms with Gasteiger partial charge in [-0.3, -0.25) is 4.99 Å². The third kappa shape index (κ3) is 2.62. The number of hydrogen-bond acceptors (Lipinski definition) is 5. The van der Waals surface area contributed by atoms with Crippen molar-refractivity contribution in [2.45, 2.75) is 31.4 Å². The van der Waals surface area contributed by atoms with Crippen molar-refractivity contribution in [2.24, 2.45) is 4.99 Å². The molecule has 1 aromatic heterocycles. The van der Waals surface area contributed by atoms with Crippen LogP contribution in [0.15, 0.2) is 47.5 Å². The number of nitrogens with one attached hydrogen (secondary N) is 1. The molecule has 1 aliphatic rings. The minimum absolute atomic E-state index is 0.0575. The van der Waals surface area contributed by atoms with Crippen LogP contribution in [0, 0.1) is 0 Å². The summed E-state index contributed by atoms with van der Waals surface area (Å²) in [4.78, 5) is 14.2. The number of phenolic OH excluding ortho intramolecular Hbond substituents is 2. The Morgan fingerprint density at radius 1 is 1.11 bits per heavy atom. The van der Waals surface area contributed by atoms with Gasteiger partial charge in [0.1, 0.15) is 29.1 Å². The summed E-state index contributed by atoms with van der Waals surface area (Å²) >= 11 is 0. The highest BCUT2D eigenvalue weighted by Crippen LogP contribution is 2.44. The van der Waals surface area contributed by atoms with E-state index in [0.29, 0.717) is 17.3 Å². The zero-order chi connectivity index (χ0) is 19.3. The monoisotopic (exact) mass is 366 g/mol. The highest BCUT2D eigenvalue weighted by Gasteiger charge is 2.53. The van der Waals surface area contributed by atoms with Crippen LogP contribution < -0.4 is 4.90 Å². The van der Waals surface area contributed by atoms with Crippen molar-refractivity contribution < 1.29 is 15.3 Å². The highest BCUT2D eigenvalue weighted by atomic mass is 16.3. The van der Waals surface area contributed by atoms with E-state index < -0.39 is 17.6 Å². The normalized spacial score (nSPS) is 23.4. The number of amidine groups is 1. The number of benzene rings is 2. The van der Waals surface area contributed by atoms with Gasteiger partial charge in [0, 0.05) is 25.2 Å². The predicted molar refractivity (Wildman–Crippen MR) is 105 cm³/mol. The summed E-state index contributed by atoms with van der Waals surface area (Å²) < 4.78 is 0. The first kappa shape index (κ1) is 17.4. The molecule has 0 bridgehead atoms. The zero-order valence-electron chi connectivity index (χ0n) is 15.4. The van der Waals surface area contributed by atoms with E-state index in [9.17, 15) is 15.3 Å². The van der Waals surface area contributed by atoms with E-state index in [-0.39, 0.29) is 11.5 Å². The fraction of sp³-hybridized carbons (Fsp3) is 0.300. The number of aliphatic hydroxyl groups is 1. The van der Waals surface area contributed by atoms with Gasteiger partial charge in [-0.25, -0.2) is 4.98 Å². The second kappa shape index (κ2) is 5.99. The third-order valence-corrected chi connectivity index (χ3v) is 5.20. The molecule has 0 saturated carbocycles. The number of phenols is 2. The van der Waals surface area contributed by atoms with Crippen molar-refractivity contribution in [2.75, 3.05) is 11.9 Å². The van der Waals surface area contributed by atoms with Crippen LogP contribution >= 0.6 is 0 Å². The average molecular weight is 366 g/mol. The Labute approximate surface area is 156 Å². The van der Waals surface area contributed by atoms with Crippen LogP contribution in [-0.4, -0.2) is 49.8 Å². The lowest BCUT2D eigenvalue weighted by atomic mass is 9.91. The predicted octanol–water partition coefficient (Wildman–Crippen LogP) is 2.75. The minimum atomic E-state index is -0.804. The van der Waals surface area contributed by atoms with Crippen molar-refractivity contribution in [3.8, 4) is 11.5 Å². The van der Waals surface area contributed by atoms with Gasteiger partial charge in [-0.05, 0) is 26.0 Å². The molecule has 2 aromatic carbocycles. The molecule has 7 heteroatoms. The van der Waals surface area contributed by atoms with Crippen LogP contribution in [0.2, 0.25) is 0 Å². The number of aromatic nitrogens is 2. The first-order chi connectivity index (χ1) is 12.8. The van der Waals surface area contributed by atoms with Gasteiger partial charge in [0.05, 0.1) is 28.4 Å². The van der Waals surface area contributed by atoms with Gasteiger partial charge < -0.3 is 25.2 Å². The Hall–Kier alpha value is -3.06. The number of anilines is 1. The van der Waals surface area contributed by atoms with Crippen LogP contribution in [0.5, 0.6) is 11.5 Å². The molecule has 2 atom stereocenters. The molecule has 4 N–H and O–H groups in total. The molecule has 2 unspecified atom stereocenters. The topological polar surface area (TPSA) is 105 Å². The molecule has 1 saturated heterocycles. The second-order valence-electron chi connectivity index (χ2n) is 7.34. The Kier molecular flexibility index (Phi) is 3.85. The number of rotatable bonds is 2. The molecule has 1 fully saturated rings. The van der Waals surface area contributed by atoms with Crippen LogP contribution in [0.4, 0.5) is 5.69 Å². The molecule has 0 amide bonds. The number of aromatic hydroxyl groups is 2. The first-order valence-corrected chi connectivity index (χ1v) is 8.75. The van der Waals surface area contributed by atoms with Crippen molar-refractivity contribution >= 4 is 22.6 Å². The lowest BCUT2D eigenvalue weighted by Gasteiger charge is -2.35. The maximum absolute atomic E-state index is 11.2. The fourth-order valence-corrected chi connectivity index (χ4v) is 3.92. The van der Waals surface area contributed by atoms with Crippen LogP contribution in [0.3, 0.4) is 0 Å². The summed E-state index contributed by atoms with van der Waals surface area (Å²) in [5, 5.41) is 31.0. The van der Waals surface area contributed by atoms with E-state index >= 15 is 0 Å². The smallest absolute Gasteiger partial charge is 0.121 e. The van der Waals surface area contributed by atoms with Crippen LogP contribution in [-0.2, 0) is 0 Å². The van der Waals surface area contributed by atoms with E-state index in [1.54, 1.807) is 19.2 Å². The average Bonchev–Trinajstić information content (AvgIpc) is 3.10. The summed E-state index contributed by atoms with van der Waals surface area (Å²) in [6.45, 7) is 3.79. The minimum Gasteiger partial charge on any atom is -0.508 e. The van der Waals surface area contributed by atoms with Crippen molar-refractivity contribution in [1.29, 1.82) is 0 Å². The van der Waals surface area contributed by atoms with Gasteiger partial charge in [-0.1, -0.05) is 12.1 Å². The molecule has 0 aliphatic carbocycles. The first-order valence-electron chi connectivity index (χ1n) is 8.75. The van der Waals surface area contributed by atoms with E-state index in [1.165, 1.54) is 6.07 Å². The number of nitrogens with zero attached hydrogens (tertiary/aromatic N) is 3. The molecule has 1 aliphatic heterocycles. The molecule has 4 rings (SSSR count). The molecule has 0 radical (unpaired) electrons. The quantitative estimate of drug-likeness (QED) is 0.558. The van der Waals surface area contributed by atoms with Gasteiger partial charge in [0.15, 0.2) is 0 Å². The maximum Gasteiger partial charge on any atom is 0.121 e. The van der Waals surface area contributed by atoms with Gasteiger partial charge in [0.25, 0.3) is 0 Å². The van der Waals surface area contributed by atoms with Crippen LogP contribution in [0.25, 0.3) is 11.0 Å². The second-order valence-corrected chi connectivity index (χ2v) is 7.34. The molecule has 27 heavy (non-hydrogen) atoms. The number of imidazole rings is 1. The fourth-order valence-electron chi connectivity index (χ4n) is 3.92. The van der Waals surface area contributed by atoms with Gasteiger partial charge in [-0.2, -0.15) is 0 Å². The van der Waals surface area contributed by atoms with E-state index in [2.05, 4.69) is 15.0 Å². The maximum atomic E-state index is 11.2. The van der Waals surface area contributed by atoms with Gasteiger partial charge in [0.2, 0.25) is 0 Å². The zero-order valence-corrected chi connectivity index (χ0v) is 15.4. The Balaban J connectivity index is 1.86. The summed E-state index contributed by atoms with van der Waals surface area (Å²) in [6, 6.07) is 12.0. The third-order valence-electron chi connectivity index (χ3n) is 5.20. The summed E-state index contributed by atoms with van der Waals surface area (Å²) in [5.74, 6) is 0.651. The number of aliphatic hydroxyl groups excluding tert-OH is 1. The van der Waals surface area contributed by atoms with E-state index in [1.807, 2.05) is 43.0 Å². The van der Waals surface area contributed by atoms with Crippen molar-refractivity contribution in [3.63, 3.8) is 0 Å². The summed E-state index contributed by atoms with van der Waals surface area (Å²) in [5.41, 5.74) is 1.53. The standard InChI is InChI=1S/C20H22N4O3/c1-20(2)17(27)16(18-22-14-6-4-5-7-15(14)23-18)19(21-3)24(20)11-8-12(25)10-13(26)9-11/h4-10,16-17,25-27H,1-3H3,(H,22,23). The molecule has 3 aromatic rings. The number of hydrogen-bond donors (Lipinski definition) is 4. The summed E-state index contributed by atoms with van der Waals surface area (Å²) in [6.07, 6.45) is -0.804. The Bertz CT molecular complexity index is 987. The van der Waals surface area contributed by atoms with Crippen LogP contribution in [0.1, 0.15) is 25.6 Å². The van der Waals surface area contributed by atoms with E-state index in [4.69, 9.17) is 0 Å². The number of fused-ring (bicyclic) bond motifs is 1. The molecule has 140 valence electrons. The number of aromatic amines is 1. The van der Waals surface area contributed by atoms with Gasteiger partial charge in [-0.15, -0.1) is 0 Å². The highest BCUT2D eigenvalue weighted by molar-refractivity contribution is 6.07. The Morgan fingerprint density at radius 2 is 1.78 bits per heavy atom. The van der Waals surface area contributed by atoms with Crippen molar-refractivity contribution in [1.82, 2.24) is 9.97 Å². The van der Waals surface area contributed by atoms with Gasteiger partial charge >= 0.3 is 0 Å². The number of para-hydroxylation sites is 2. The lowest BCUT2D eigenvalue weighted by Crippen LogP contribution is -2.46. The van der Waals surface area contributed by atoms with E-state index in [0.717, 1.165) is 11.0 Å². The molecule has 7 nitrogen and oxygen atoms in total. The Morgan fingerprint density at radius 3 is 2.41 bits per heavy atom. The molecule has 2 heterocycles.